The third-order valence-electron chi connectivity index (χ3n) is 5.62. The number of rotatable bonds is 6. The maximum absolute atomic E-state index is 5.97. The molecule has 2 aliphatic heterocycles. The molecule has 3 nitrogen and oxygen atoms in total. The molecular weight excluding hydrogens is 334 g/mol. The average molecular weight is 360 g/mol. The van der Waals surface area contributed by atoms with E-state index >= 15 is 0 Å². The molecule has 25 heavy (non-hydrogen) atoms. The molecule has 2 bridgehead atoms. The maximum atomic E-state index is 5.97. The number of hydrogen-bond donors (Lipinski definition) is 0. The van der Waals surface area contributed by atoms with Gasteiger partial charge in [-0.25, -0.2) is 0 Å². The fourth-order valence-corrected chi connectivity index (χ4v) is 4.68. The van der Waals surface area contributed by atoms with E-state index in [4.69, 9.17) is 9.47 Å². The molecule has 1 aromatic heterocycles. The molecular formula is C21H26ClNO2. The van der Waals surface area contributed by atoms with Crippen LogP contribution < -0.4 is 17.0 Å². The number of pyridine rings is 1. The van der Waals surface area contributed by atoms with Gasteiger partial charge in [-0.2, -0.15) is 4.57 Å². The molecule has 2 aromatic rings. The Morgan fingerprint density at radius 3 is 2.28 bits per heavy atom. The van der Waals surface area contributed by atoms with Crippen LogP contribution in [0.1, 0.15) is 49.0 Å². The Bertz CT molecular complexity index is 678. The molecule has 0 saturated heterocycles. The number of hydrogen-bond acceptors (Lipinski definition) is 2. The molecule has 134 valence electrons. The minimum Gasteiger partial charge on any atom is -1.00 e. The van der Waals surface area contributed by atoms with Gasteiger partial charge in [-0.15, -0.1) is 0 Å². The Hall–Kier alpha value is -1.42. The standard InChI is InChI=1S/C21H26NO2.ClH/c1-3-23-14-21(15-24-4-2)13-19-16-9-5-6-10-17(16)20(21)18-11-7-8-12-22(18)19;/h5-12,19-20H,3-4,13-15H2,1-2H3;1H/q+1;/p-1. The van der Waals surface area contributed by atoms with E-state index in [0.29, 0.717) is 12.0 Å². The second-order valence-electron chi connectivity index (χ2n) is 6.95. The summed E-state index contributed by atoms with van der Waals surface area (Å²) in [6.45, 7) is 7.17. The van der Waals surface area contributed by atoms with Gasteiger partial charge >= 0.3 is 0 Å². The van der Waals surface area contributed by atoms with Crippen molar-refractivity contribution in [1.29, 1.82) is 0 Å². The molecule has 0 fully saturated rings. The number of halogens is 1. The summed E-state index contributed by atoms with van der Waals surface area (Å²) in [6.07, 6.45) is 3.31. The van der Waals surface area contributed by atoms with Gasteiger partial charge in [0.1, 0.15) is 0 Å². The summed E-state index contributed by atoms with van der Waals surface area (Å²) in [4.78, 5) is 0. The summed E-state index contributed by atoms with van der Waals surface area (Å²) in [6, 6.07) is 15.9. The largest absolute Gasteiger partial charge is 1.00 e. The lowest BCUT2D eigenvalue weighted by atomic mass is 9.59. The van der Waals surface area contributed by atoms with Crippen LogP contribution >= 0.6 is 0 Å². The number of benzene rings is 1. The van der Waals surface area contributed by atoms with E-state index in [-0.39, 0.29) is 17.8 Å². The predicted octanol–water partition coefficient (Wildman–Crippen LogP) is 0.476. The Labute approximate surface area is 156 Å². The number of fused-ring (bicyclic) bond motifs is 1. The highest BCUT2D eigenvalue weighted by atomic mass is 35.5. The number of nitrogens with zero attached hydrogens (tertiary/aromatic N) is 1. The highest BCUT2D eigenvalue weighted by Crippen LogP contribution is 2.55. The summed E-state index contributed by atoms with van der Waals surface area (Å²) in [5.74, 6) is 0.331. The third kappa shape index (κ3) is 2.88. The van der Waals surface area contributed by atoms with Crippen molar-refractivity contribution in [3.05, 3.63) is 65.5 Å². The predicted molar refractivity (Wildman–Crippen MR) is 93.1 cm³/mol. The van der Waals surface area contributed by atoms with E-state index in [9.17, 15) is 0 Å². The molecule has 0 amide bonds. The van der Waals surface area contributed by atoms with Gasteiger partial charge in [-0.3, -0.25) is 0 Å². The monoisotopic (exact) mass is 359 g/mol. The van der Waals surface area contributed by atoms with Crippen LogP contribution in [-0.4, -0.2) is 26.4 Å². The highest BCUT2D eigenvalue weighted by molar-refractivity contribution is 5.43. The molecule has 2 atom stereocenters. The molecule has 0 N–H and O–H groups in total. The van der Waals surface area contributed by atoms with Crippen molar-refractivity contribution in [2.75, 3.05) is 26.4 Å². The van der Waals surface area contributed by atoms with E-state index in [1.165, 1.54) is 16.8 Å². The summed E-state index contributed by atoms with van der Waals surface area (Å²) in [7, 11) is 0. The molecule has 2 unspecified atom stereocenters. The van der Waals surface area contributed by atoms with Crippen LogP contribution in [0.2, 0.25) is 0 Å². The minimum atomic E-state index is 0. The maximum Gasteiger partial charge on any atom is 0.190 e. The van der Waals surface area contributed by atoms with Crippen molar-refractivity contribution in [3.63, 3.8) is 0 Å². The molecule has 1 aromatic carbocycles. The van der Waals surface area contributed by atoms with Crippen LogP contribution in [0.15, 0.2) is 48.7 Å². The van der Waals surface area contributed by atoms with Crippen LogP contribution in [0.4, 0.5) is 0 Å². The van der Waals surface area contributed by atoms with Crippen LogP contribution in [0.3, 0.4) is 0 Å². The zero-order chi connectivity index (χ0) is 16.6. The molecule has 3 heterocycles. The Morgan fingerprint density at radius 2 is 1.60 bits per heavy atom. The van der Waals surface area contributed by atoms with Gasteiger partial charge in [0.2, 0.25) is 0 Å². The lowest BCUT2D eigenvalue weighted by molar-refractivity contribution is -0.735. The summed E-state index contributed by atoms with van der Waals surface area (Å²) >= 11 is 0. The van der Waals surface area contributed by atoms with E-state index in [1.807, 2.05) is 0 Å². The normalized spacial score (nSPS) is 22.0. The van der Waals surface area contributed by atoms with Crippen molar-refractivity contribution in [2.24, 2.45) is 5.41 Å². The van der Waals surface area contributed by atoms with Crippen molar-refractivity contribution in [3.8, 4) is 0 Å². The lowest BCUT2D eigenvalue weighted by Gasteiger charge is -2.48. The first kappa shape index (κ1) is 18.4. The van der Waals surface area contributed by atoms with Gasteiger partial charge in [0, 0.05) is 42.7 Å². The van der Waals surface area contributed by atoms with Crippen LogP contribution in [-0.2, 0) is 9.47 Å². The molecule has 0 spiro atoms. The van der Waals surface area contributed by atoms with Crippen LogP contribution in [0.5, 0.6) is 0 Å². The highest BCUT2D eigenvalue weighted by Gasteiger charge is 2.57. The number of ether oxygens (including phenoxy) is 2. The topological polar surface area (TPSA) is 22.3 Å². The zero-order valence-electron chi connectivity index (χ0n) is 15.0. The first-order valence-electron chi connectivity index (χ1n) is 9.05. The van der Waals surface area contributed by atoms with Gasteiger partial charge in [-0.1, -0.05) is 30.3 Å². The van der Waals surface area contributed by atoms with E-state index < -0.39 is 0 Å². The molecule has 4 heteroatoms. The van der Waals surface area contributed by atoms with E-state index in [0.717, 1.165) is 32.8 Å². The fourth-order valence-electron chi connectivity index (χ4n) is 4.68. The van der Waals surface area contributed by atoms with Crippen LogP contribution in [0.25, 0.3) is 0 Å². The van der Waals surface area contributed by atoms with Crippen molar-refractivity contribution in [2.45, 2.75) is 32.2 Å². The lowest BCUT2D eigenvalue weighted by Crippen LogP contribution is -3.00. The SMILES string of the molecule is CCOCC1(COCC)CC2c3ccccc3C1c1cccc[n+]12.[Cl-]. The Balaban J connectivity index is 0.00000182. The van der Waals surface area contributed by atoms with Gasteiger partial charge < -0.3 is 21.9 Å². The van der Waals surface area contributed by atoms with Crippen molar-refractivity contribution < 1.29 is 26.4 Å². The second kappa shape index (κ2) is 7.45. The molecule has 1 aliphatic carbocycles. The summed E-state index contributed by atoms with van der Waals surface area (Å²) < 4.78 is 14.4. The second-order valence-corrected chi connectivity index (χ2v) is 6.95. The molecule has 3 aliphatic rings. The Kier molecular flexibility index (Phi) is 5.47. The first-order chi connectivity index (χ1) is 11.8. The van der Waals surface area contributed by atoms with E-state index in [1.54, 1.807) is 0 Å². The van der Waals surface area contributed by atoms with Gasteiger partial charge in [0.05, 0.1) is 19.1 Å². The first-order valence-corrected chi connectivity index (χ1v) is 9.05. The fraction of sp³-hybridized carbons (Fsp3) is 0.476. The van der Waals surface area contributed by atoms with Gasteiger partial charge in [0.15, 0.2) is 17.9 Å². The van der Waals surface area contributed by atoms with Crippen LogP contribution in [0, 0.1) is 5.41 Å². The summed E-state index contributed by atoms with van der Waals surface area (Å²) in [5, 5.41) is 0. The van der Waals surface area contributed by atoms with Gasteiger partial charge in [0.25, 0.3) is 0 Å². The summed E-state index contributed by atoms with van der Waals surface area (Å²) in [5.41, 5.74) is 4.34. The van der Waals surface area contributed by atoms with E-state index in [2.05, 4.69) is 67.1 Å². The third-order valence-corrected chi connectivity index (χ3v) is 5.62. The quantitative estimate of drug-likeness (QED) is 0.700. The van der Waals surface area contributed by atoms with Gasteiger partial charge in [-0.05, 0) is 19.4 Å². The smallest absolute Gasteiger partial charge is 0.190 e. The van der Waals surface area contributed by atoms with Crippen molar-refractivity contribution in [1.82, 2.24) is 0 Å². The van der Waals surface area contributed by atoms with Crippen molar-refractivity contribution >= 4 is 0 Å². The molecule has 0 saturated carbocycles. The zero-order valence-corrected chi connectivity index (χ0v) is 15.7. The molecule has 5 rings (SSSR count). The minimum absolute atomic E-state index is 0. The Morgan fingerprint density at radius 1 is 0.960 bits per heavy atom. The average Bonchev–Trinajstić information content (AvgIpc) is 2.65. The number of aromatic nitrogens is 1. The molecule has 0 radical (unpaired) electrons.